The first-order valence-electron chi connectivity index (χ1n) is 7.85. The third kappa shape index (κ3) is 2.95. The number of anilines is 1. The average molecular weight is 350 g/mol. The second kappa shape index (κ2) is 6.25. The number of nitrogens with one attached hydrogen (secondary N) is 2. The van der Waals surface area contributed by atoms with Crippen molar-refractivity contribution in [2.24, 2.45) is 12.0 Å². The Balaban J connectivity index is 1.55. The number of fused-ring (bicyclic) bond motifs is 1. The fourth-order valence-electron chi connectivity index (χ4n) is 2.74. The molecule has 0 saturated carbocycles. The average Bonchev–Trinajstić information content (AvgIpc) is 3.21. The lowest BCUT2D eigenvalue weighted by Crippen LogP contribution is -2.32. The molecule has 1 aromatic carbocycles. The van der Waals surface area contributed by atoms with E-state index in [0.29, 0.717) is 17.7 Å². The van der Waals surface area contributed by atoms with Gasteiger partial charge in [0.25, 0.3) is 0 Å². The molecule has 0 atom stereocenters. The Kier molecular flexibility index (Phi) is 3.78. The number of halogens is 1. The molecule has 2 N–H and O–H groups in total. The summed E-state index contributed by atoms with van der Waals surface area (Å²) >= 11 is 0. The highest BCUT2D eigenvalue weighted by atomic mass is 19.1. The number of nitriles is 1. The Morgan fingerprint density at radius 2 is 2.27 bits per heavy atom. The maximum atomic E-state index is 13.6. The van der Waals surface area contributed by atoms with E-state index in [1.807, 2.05) is 19.4 Å². The summed E-state index contributed by atoms with van der Waals surface area (Å²) in [7, 11) is 1.84. The van der Waals surface area contributed by atoms with Gasteiger partial charge in [-0.05, 0) is 23.8 Å². The Bertz CT molecular complexity index is 981. The molecule has 0 radical (unpaired) electrons. The number of benzene rings is 1. The van der Waals surface area contributed by atoms with E-state index in [2.05, 4.69) is 27.0 Å². The lowest BCUT2D eigenvalue weighted by molar-refractivity contribution is 0.297. The number of hydrazine groups is 2. The van der Waals surface area contributed by atoms with Crippen molar-refractivity contribution in [3.8, 4) is 6.07 Å². The highest BCUT2D eigenvalue weighted by molar-refractivity contribution is 5.66. The van der Waals surface area contributed by atoms with Crippen molar-refractivity contribution in [1.82, 2.24) is 25.2 Å². The topological polar surface area (TPSA) is 84.5 Å². The fourth-order valence-corrected chi connectivity index (χ4v) is 2.74. The van der Waals surface area contributed by atoms with Gasteiger partial charge in [0.05, 0.1) is 36.3 Å². The first-order valence-corrected chi connectivity index (χ1v) is 7.85. The molecule has 0 saturated heterocycles. The van der Waals surface area contributed by atoms with Crippen molar-refractivity contribution in [3.05, 3.63) is 71.3 Å². The van der Waals surface area contributed by atoms with Crippen LogP contribution in [0.4, 0.5) is 10.1 Å². The summed E-state index contributed by atoms with van der Waals surface area (Å²) in [5.74, 6) is -0.373. The van der Waals surface area contributed by atoms with Gasteiger partial charge in [-0.15, -0.1) is 0 Å². The third-order valence-corrected chi connectivity index (χ3v) is 3.97. The Labute approximate surface area is 149 Å². The zero-order valence-corrected chi connectivity index (χ0v) is 13.9. The number of aliphatic imine (C=N–C) groups is 1. The Morgan fingerprint density at radius 3 is 3.04 bits per heavy atom. The lowest BCUT2D eigenvalue weighted by Gasteiger charge is -2.26. The molecule has 8 nitrogen and oxygen atoms in total. The normalized spacial score (nSPS) is 15.1. The highest BCUT2D eigenvalue weighted by Crippen LogP contribution is 2.26. The van der Waals surface area contributed by atoms with Crippen LogP contribution < -0.4 is 10.9 Å². The van der Waals surface area contributed by atoms with E-state index in [0.717, 1.165) is 17.1 Å². The molecule has 3 heterocycles. The van der Waals surface area contributed by atoms with Gasteiger partial charge in [-0.1, -0.05) is 0 Å². The first kappa shape index (κ1) is 15.7. The smallest absolute Gasteiger partial charge is 0.123 e. The number of aromatic nitrogens is 2. The van der Waals surface area contributed by atoms with E-state index in [1.54, 1.807) is 33.4 Å². The lowest BCUT2D eigenvalue weighted by atomic mass is 10.1. The van der Waals surface area contributed by atoms with Gasteiger partial charge in [0, 0.05) is 19.4 Å². The molecule has 2 aromatic rings. The van der Waals surface area contributed by atoms with Crippen LogP contribution in [0.1, 0.15) is 11.1 Å². The van der Waals surface area contributed by atoms with E-state index >= 15 is 0 Å². The van der Waals surface area contributed by atoms with Crippen LogP contribution >= 0.6 is 0 Å². The standard InChI is InChI=1S/C17H15FN8/c1-24-9-15(6-21-24)23-25-10-17-16(20-11-25)7-22-26(17)8-13-4-14(18)3-2-12(13)5-19/h2-4,6-7,9-11,22-23H,8H2,1H3. The molecule has 9 heteroatoms. The van der Waals surface area contributed by atoms with Gasteiger partial charge in [-0.25, -0.2) is 14.4 Å². The van der Waals surface area contributed by atoms with E-state index < -0.39 is 0 Å². The number of aryl methyl sites for hydroxylation is 1. The molecular weight excluding hydrogens is 335 g/mol. The van der Waals surface area contributed by atoms with Gasteiger partial charge in [-0.2, -0.15) is 10.4 Å². The molecule has 2 aliphatic heterocycles. The van der Waals surface area contributed by atoms with Crippen molar-refractivity contribution in [2.75, 3.05) is 5.43 Å². The third-order valence-electron chi connectivity index (χ3n) is 3.97. The minimum Gasteiger partial charge on any atom is -0.303 e. The molecule has 0 amide bonds. The van der Waals surface area contributed by atoms with Crippen molar-refractivity contribution in [2.45, 2.75) is 6.54 Å². The highest BCUT2D eigenvalue weighted by Gasteiger charge is 2.24. The van der Waals surface area contributed by atoms with Crippen LogP contribution in [0.2, 0.25) is 0 Å². The Morgan fingerprint density at radius 1 is 1.38 bits per heavy atom. The molecule has 130 valence electrons. The van der Waals surface area contributed by atoms with Gasteiger partial charge in [0.15, 0.2) is 0 Å². The second-order valence-corrected chi connectivity index (χ2v) is 5.84. The van der Waals surface area contributed by atoms with E-state index in [-0.39, 0.29) is 5.82 Å². The summed E-state index contributed by atoms with van der Waals surface area (Å²) in [6, 6.07) is 6.23. The van der Waals surface area contributed by atoms with Crippen molar-refractivity contribution >= 4 is 12.0 Å². The van der Waals surface area contributed by atoms with Crippen LogP contribution in [0.3, 0.4) is 0 Å². The molecule has 1 aromatic heterocycles. The van der Waals surface area contributed by atoms with Crippen molar-refractivity contribution < 1.29 is 4.39 Å². The largest absolute Gasteiger partial charge is 0.303 e. The molecular formula is C17H15FN8. The summed E-state index contributed by atoms with van der Waals surface area (Å²) in [4.78, 5) is 4.39. The van der Waals surface area contributed by atoms with Gasteiger partial charge >= 0.3 is 0 Å². The minimum absolute atomic E-state index is 0.322. The Hall–Kier alpha value is -3.80. The number of hydrogen-bond donors (Lipinski definition) is 2. The fraction of sp³-hybridized carbons (Fsp3) is 0.118. The van der Waals surface area contributed by atoms with E-state index in [1.165, 1.54) is 18.2 Å². The SMILES string of the molecule is Cn1cc(NN2C=NC3=CNN(Cc4cc(F)ccc4C#N)C3=C2)cn1. The van der Waals surface area contributed by atoms with Gasteiger partial charge in [0.2, 0.25) is 0 Å². The summed E-state index contributed by atoms with van der Waals surface area (Å²) in [5, 5.41) is 16.9. The second-order valence-electron chi connectivity index (χ2n) is 5.84. The first-order chi connectivity index (χ1) is 12.6. The predicted molar refractivity (Wildman–Crippen MR) is 93.1 cm³/mol. The van der Waals surface area contributed by atoms with Crippen LogP contribution in [-0.2, 0) is 13.6 Å². The summed E-state index contributed by atoms with van der Waals surface area (Å²) in [5.41, 5.74) is 9.66. The minimum atomic E-state index is -0.373. The van der Waals surface area contributed by atoms with Crippen molar-refractivity contribution in [1.29, 1.82) is 5.26 Å². The predicted octanol–water partition coefficient (Wildman–Crippen LogP) is 1.80. The molecule has 0 unspecified atom stereocenters. The van der Waals surface area contributed by atoms with Gasteiger partial charge in [-0.3, -0.25) is 15.1 Å². The molecule has 0 spiro atoms. The maximum absolute atomic E-state index is 13.6. The zero-order valence-electron chi connectivity index (χ0n) is 13.9. The molecule has 4 rings (SSSR count). The molecule has 0 aliphatic carbocycles. The molecule has 0 bridgehead atoms. The van der Waals surface area contributed by atoms with Crippen LogP contribution in [0.15, 0.2) is 59.4 Å². The zero-order chi connectivity index (χ0) is 18.1. The maximum Gasteiger partial charge on any atom is 0.123 e. The van der Waals surface area contributed by atoms with Gasteiger partial charge in [0.1, 0.15) is 23.5 Å². The van der Waals surface area contributed by atoms with Crippen LogP contribution in [-0.4, -0.2) is 26.1 Å². The molecule has 2 aliphatic rings. The number of hydrogen-bond acceptors (Lipinski definition) is 7. The quantitative estimate of drug-likeness (QED) is 0.875. The molecule has 26 heavy (non-hydrogen) atoms. The van der Waals surface area contributed by atoms with E-state index in [4.69, 9.17) is 0 Å². The number of rotatable bonds is 4. The van der Waals surface area contributed by atoms with Crippen molar-refractivity contribution in [3.63, 3.8) is 0 Å². The van der Waals surface area contributed by atoms with Gasteiger partial charge < -0.3 is 5.43 Å². The van der Waals surface area contributed by atoms with Crippen LogP contribution in [0, 0.1) is 17.1 Å². The monoisotopic (exact) mass is 350 g/mol. The summed E-state index contributed by atoms with van der Waals surface area (Å²) < 4.78 is 15.3. The number of nitrogens with zero attached hydrogens (tertiary/aromatic N) is 6. The van der Waals surface area contributed by atoms with Crippen LogP contribution in [0.5, 0.6) is 0 Å². The molecule has 0 fully saturated rings. The summed E-state index contributed by atoms with van der Waals surface area (Å²) in [6.45, 7) is 0.322. The summed E-state index contributed by atoms with van der Waals surface area (Å²) in [6.07, 6.45) is 8.81. The van der Waals surface area contributed by atoms with E-state index in [9.17, 15) is 9.65 Å². The van der Waals surface area contributed by atoms with Crippen LogP contribution in [0.25, 0.3) is 0 Å².